The van der Waals surface area contributed by atoms with Gasteiger partial charge in [-0.1, -0.05) is 24.3 Å². The molecule has 2 aromatic heterocycles. The van der Waals surface area contributed by atoms with Crippen LogP contribution in [0.25, 0.3) is 5.52 Å². The number of nitrogens with zero attached hydrogens (tertiary/aromatic N) is 3. The molecule has 10 nitrogen and oxygen atoms in total. The Bertz CT molecular complexity index is 1460. The lowest BCUT2D eigenvalue weighted by Gasteiger charge is -2.07. The molecule has 0 fully saturated rings. The van der Waals surface area contributed by atoms with Crippen molar-refractivity contribution < 1.29 is 24.2 Å². The molecule has 0 saturated carbocycles. The van der Waals surface area contributed by atoms with Crippen molar-refractivity contribution in [2.75, 3.05) is 7.11 Å². The molecular formula is C24H17N3O7. The van der Waals surface area contributed by atoms with Crippen LogP contribution < -0.4 is 0 Å². The highest BCUT2D eigenvalue weighted by Gasteiger charge is 2.22. The Hall–Kier alpha value is -4.86. The molecule has 0 spiro atoms. The Morgan fingerprint density at radius 3 is 2.24 bits per heavy atom. The third-order valence-electron chi connectivity index (χ3n) is 5.35. The zero-order valence-electron chi connectivity index (χ0n) is 17.8. The Labute approximate surface area is 192 Å². The van der Waals surface area contributed by atoms with Crippen LogP contribution in [0.3, 0.4) is 0 Å². The molecule has 0 amide bonds. The van der Waals surface area contributed by atoms with E-state index in [2.05, 4.69) is 0 Å². The van der Waals surface area contributed by atoms with Crippen molar-refractivity contribution in [2.24, 2.45) is 0 Å². The second-order valence-electron chi connectivity index (χ2n) is 7.46. The summed E-state index contributed by atoms with van der Waals surface area (Å²) in [5.41, 5.74) is 2.26. The number of hydrogen-bond donors (Lipinski definition) is 0. The molecule has 2 aromatic carbocycles. The summed E-state index contributed by atoms with van der Waals surface area (Å²) in [6, 6.07) is 16.4. The van der Waals surface area contributed by atoms with Crippen molar-refractivity contribution in [2.45, 2.75) is 6.42 Å². The van der Waals surface area contributed by atoms with Gasteiger partial charge < -0.3 is 9.14 Å². The second kappa shape index (κ2) is 8.94. The molecule has 10 heteroatoms. The summed E-state index contributed by atoms with van der Waals surface area (Å²) in [6.45, 7) is 0. The van der Waals surface area contributed by atoms with E-state index in [1.165, 1.54) is 54.0 Å². The number of nitro benzene ring substituents is 2. The number of carbonyl (C=O) groups is 2. The number of fused-ring (bicyclic) bond motifs is 1. The number of carbonyl (C=O) groups excluding carboxylic acids is 2. The predicted octanol–water partition coefficient (Wildman–Crippen LogP) is 4.36. The van der Waals surface area contributed by atoms with E-state index in [-0.39, 0.29) is 28.2 Å². The third kappa shape index (κ3) is 4.24. The van der Waals surface area contributed by atoms with Crippen molar-refractivity contribution in [1.29, 1.82) is 0 Å². The van der Waals surface area contributed by atoms with Crippen LogP contribution in [0, 0.1) is 20.2 Å². The summed E-state index contributed by atoms with van der Waals surface area (Å²) in [7, 11) is 1.23. The first kappa shape index (κ1) is 22.3. The number of methoxy groups -OCH3 is 1. The van der Waals surface area contributed by atoms with Crippen molar-refractivity contribution in [3.63, 3.8) is 0 Å². The summed E-state index contributed by atoms with van der Waals surface area (Å²) in [5, 5.41) is 21.9. The van der Waals surface area contributed by atoms with Crippen LogP contribution in [-0.4, -0.2) is 33.1 Å². The number of esters is 1. The highest BCUT2D eigenvalue weighted by atomic mass is 16.6. The minimum atomic E-state index is -0.636. The molecule has 0 radical (unpaired) electrons. The first-order valence-corrected chi connectivity index (χ1v) is 10.0. The average Bonchev–Trinajstić information content (AvgIpc) is 3.22. The Morgan fingerprint density at radius 1 is 0.882 bits per heavy atom. The van der Waals surface area contributed by atoms with E-state index in [4.69, 9.17) is 4.74 Å². The number of ketones is 1. The van der Waals surface area contributed by atoms with Gasteiger partial charge in [0.1, 0.15) is 0 Å². The van der Waals surface area contributed by atoms with Gasteiger partial charge in [0, 0.05) is 36.0 Å². The quantitative estimate of drug-likeness (QED) is 0.173. The van der Waals surface area contributed by atoms with E-state index in [1.807, 2.05) is 0 Å². The summed E-state index contributed by atoms with van der Waals surface area (Å²) in [4.78, 5) is 46.5. The molecule has 4 rings (SSSR count). The Balaban J connectivity index is 1.75. The summed E-state index contributed by atoms with van der Waals surface area (Å²) < 4.78 is 6.41. The zero-order valence-corrected chi connectivity index (χ0v) is 17.8. The number of benzene rings is 2. The molecular weight excluding hydrogens is 442 g/mol. The van der Waals surface area contributed by atoms with Gasteiger partial charge in [-0.15, -0.1) is 0 Å². The van der Waals surface area contributed by atoms with Crippen LogP contribution in [0.15, 0.2) is 72.9 Å². The molecule has 0 aliphatic carbocycles. The van der Waals surface area contributed by atoms with Crippen LogP contribution in [0.2, 0.25) is 0 Å². The molecule has 0 unspecified atom stereocenters. The number of rotatable bonds is 7. The number of hydrogen-bond acceptors (Lipinski definition) is 7. The zero-order chi connectivity index (χ0) is 24.4. The number of non-ortho nitro benzene ring substituents is 2. The van der Waals surface area contributed by atoms with Crippen LogP contribution >= 0.6 is 0 Å². The minimum Gasteiger partial charge on any atom is -0.465 e. The van der Waals surface area contributed by atoms with Gasteiger partial charge in [0.25, 0.3) is 11.4 Å². The fourth-order valence-electron chi connectivity index (χ4n) is 3.68. The summed E-state index contributed by atoms with van der Waals surface area (Å²) >= 11 is 0. The smallest absolute Gasteiger partial charge is 0.340 e. The lowest BCUT2D eigenvalue weighted by Crippen LogP contribution is -2.06. The third-order valence-corrected chi connectivity index (χ3v) is 5.35. The number of nitro groups is 2. The van der Waals surface area contributed by atoms with Crippen LogP contribution in [0.4, 0.5) is 11.4 Å². The molecule has 0 aliphatic heterocycles. The van der Waals surface area contributed by atoms with Gasteiger partial charge in [0.15, 0.2) is 0 Å². The molecule has 0 bridgehead atoms. The molecule has 4 aromatic rings. The highest BCUT2D eigenvalue weighted by molar-refractivity contribution is 6.11. The van der Waals surface area contributed by atoms with Gasteiger partial charge >= 0.3 is 5.97 Å². The normalized spacial score (nSPS) is 10.7. The molecule has 0 saturated heterocycles. The van der Waals surface area contributed by atoms with Crippen molar-refractivity contribution in [3.05, 3.63) is 121 Å². The monoisotopic (exact) mass is 459 g/mol. The number of pyridine rings is 1. The summed E-state index contributed by atoms with van der Waals surface area (Å²) in [5.74, 6) is -1.12. The van der Waals surface area contributed by atoms with Gasteiger partial charge in [-0.05, 0) is 35.7 Å². The fraction of sp³-hybridized carbons (Fsp3) is 0.0833. The lowest BCUT2D eigenvalue weighted by molar-refractivity contribution is -0.385. The van der Waals surface area contributed by atoms with Gasteiger partial charge in [0.05, 0.1) is 33.7 Å². The van der Waals surface area contributed by atoms with E-state index in [9.17, 15) is 29.8 Å². The van der Waals surface area contributed by atoms with Crippen molar-refractivity contribution >= 4 is 28.6 Å². The van der Waals surface area contributed by atoms with Crippen LogP contribution in [-0.2, 0) is 11.2 Å². The first-order chi connectivity index (χ1) is 16.3. The van der Waals surface area contributed by atoms with Gasteiger partial charge in [-0.3, -0.25) is 25.0 Å². The first-order valence-electron chi connectivity index (χ1n) is 10.0. The Kier molecular flexibility index (Phi) is 5.88. The van der Waals surface area contributed by atoms with E-state index >= 15 is 0 Å². The standard InChI is InChI=1S/C24H17N3O7/c1-34-24(29)20-14-22(23(28)17-3-2-4-19(13-17)27(32)33)25-10-9-16(12-21(20)25)11-15-5-7-18(8-6-15)26(30)31/h2-10,12-14H,11H2,1H3. The molecule has 0 N–H and O–H groups in total. The fourth-order valence-corrected chi connectivity index (χ4v) is 3.68. The number of ether oxygens (including phenoxy) is 1. The van der Waals surface area contributed by atoms with E-state index in [1.54, 1.807) is 30.5 Å². The van der Waals surface area contributed by atoms with Gasteiger partial charge in [0.2, 0.25) is 5.78 Å². The maximum atomic E-state index is 13.2. The maximum absolute atomic E-state index is 13.2. The minimum absolute atomic E-state index is 0.0110. The van der Waals surface area contributed by atoms with Gasteiger partial charge in [-0.2, -0.15) is 0 Å². The largest absolute Gasteiger partial charge is 0.465 e. The van der Waals surface area contributed by atoms with Crippen molar-refractivity contribution in [3.8, 4) is 0 Å². The number of aromatic nitrogens is 1. The van der Waals surface area contributed by atoms with E-state index in [0.717, 1.165) is 11.1 Å². The average molecular weight is 459 g/mol. The Morgan fingerprint density at radius 2 is 1.59 bits per heavy atom. The van der Waals surface area contributed by atoms with E-state index in [0.29, 0.717) is 11.9 Å². The maximum Gasteiger partial charge on any atom is 0.340 e. The van der Waals surface area contributed by atoms with Crippen LogP contribution in [0.5, 0.6) is 0 Å². The summed E-state index contributed by atoms with van der Waals surface area (Å²) in [6.07, 6.45) is 2.07. The van der Waals surface area contributed by atoms with Crippen LogP contribution in [0.1, 0.15) is 37.5 Å². The SMILES string of the molecule is COC(=O)c1cc(C(=O)c2cccc([N+](=O)[O-])c2)n2ccc(Cc3ccc([N+](=O)[O-])cc3)cc12. The topological polar surface area (TPSA) is 134 Å². The van der Waals surface area contributed by atoms with Crippen molar-refractivity contribution in [1.82, 2.24) is 4.40 Å². The second-order valence-corrected chi connectivity index (χ2v) is 7.46. The van der Waals surface area contributed by atoms with E-state index < -0.39 is 21.6 Å². The molecule has 34 heavy (non-hydrogen) atoms. The molecule has 170 valence electrons. The molecule has 2 heterocycles. The lowest BCUT2D eigenvalue weighted by atomic mass is 10.0. The highest BCUT2D eigenvalue weighted by Crippen LogP contribution is 2.25. The molecule has 0 aliphatic rings. The van der Waals surface area contributed by atoms with Gasteiger partial charge in [-0.25, -0.2) is 4.79 Å². The predicted molar refractivity (Wildman–Crippen MR) is 121 cm³/mol. The molecule has 0 atom stereocenters.